The molecule has 2 atom stereocenters. The third-order valence-corrected chi connectivity index (χ3v) is 7.15. The van der Waals surface area contributed by atoms with E-state index in [1.54, 1.807) is 43.6 Å². The Balaban J connectivity index is 1.73. The Hall–Kier alpha value is -3.29. The zero-order valence-electron chi connectivity index (χ0n) is 20.3. The number of nitroso groups, excluding NO2 is 1. The van der Waals surface area contributed by atoms with E-state index >= 15 is 0 Å². The van der Waals surface area contributed by atoms with Crippen molar-refractivity contribution in [1.29, 1.82) is 0 Å². The molecule has 0 saturated heterocycles. The van der Waals surface area contributed by atoms with Gasteiger partial charge in [0.25, 0.3) is 0 Å². The molecule has 0 aliphatic heterocycles. The molecule has 0 aliphatic carbocycles. The van der Waals surface area contributed by atoms with Crippen LogP contribution in [0, 0.1) is 11.8 Å². The van der Waals surface area contributed by atoms with Gasteiger partial charge in [0.1, 0.15) is 6.04 Å². The zero-order chi connectivity index (χ0) is 26.7. The van der Waals surface area contributed by atoms with Crippen molar-refractivity contribution in [2.24, 2.45) is 12.2 Å². The number of hydrogen-bond donors (Lipinski definition) is 2. The molecule has 1 heterocycles. The van der Waals surface area contributed by atoms with Crippen LogP contribution in [0.5, 0.6) is 0 Å². The van der Waals surface area contributed by atoms with Crippen LogP contribution in [0.2, 0.25) is 10.0 Å². The van der Waals surface area contributed by atoms with E-state index in [0.29, 0.717) is 27.6 Å². The summed E-state index contributed by atoms with van der Waals surface area (Å²) in [4.78, 5) is 23.8. The van der Waals surface area contributed by atoms with Gasteiger partial charge in [0.2, 0.25) is 5.56 Å². The first-order valence-electron chi connectivity index (χ1n) is 11.7. The molecule has 2 unspecified atom stereocenters. The average molecular weight is 537 g/mol. The molecule has 0 amide bonds. The van der Waals surface area contributed by atoms with Crippen LogP contribution in [0.1, 0.15) is 52.5 Å². The van der Waals surface area contributed by atoms with Crippen molar-refractivity contribution in [2.45, 2.75) is 31.6 Å². The summed E-state index contributed by atoms with van der Waals surface area (Å²) in [6, 6.07) is 20.9. The largest absolute Gasteiger partial charge is 0.364 e. The van der Waals surface area contributed by atoms with Crippen molar-refractivity contribution >= 4 is 23.2 Å². The van der Waals surface area contributed by atoms with Gasteiger partial charge >= 0.3 is 0 Å². The molecular weight excluding hydrogens is 511 g/mol. The predicted octanol–water partition coefficient (Wildman–Crippen LogP) is 6.68. The molecule has 0 fully saturated rings. The van der Waals surface area contributed by atoms with Gasteiger partial charge in [-0.05, 0) is 64.9 Å². The van der Waals surface area contributed by atoms with E-state index in [4.69, 9.17) is 23.2 Å². The quantitative estimate of drug-likeness (QED) is 0.194. The van der Waals surface area contributed by atoms with Gasteiger partial charge in [-0.3, -0.25) is 4.79 Å². The van der Waals surface area contributed by atoms with E-state index < -0.39 is 12.3 Å². The molecule has 0 aliphatic rings. The van der Waals surface area contributed by atoms with Gasteiger partial charge in [-0.2, -0.15) is 4.91 Å². The summed E-state index contributed by atoms with van der Waals surface area (Å²) in [6.45, 7) is 1.92. The van der Waals surface area contributed by atoms with Gasteiger partial charge in [0.05, 0.1) is 0 Å². The highest BCUT2D eigenvalue weighted by Crippen LogP contribution is 2.40. The Bertz CT molecular complexity index is 1480. The van der Waals surface area contributed by atoms with Crippen LogP contribution in [0.25, 0.3) is 11.1 Å². The van der Waals surface area contributed by atoms with Gasteiger partial charge in [-0.1, -0.05) is 76.9 Å². The molecule has 0 saturated carbocycles. The lowest BCUT2D eigenvalue weighted by molar-refractivity contribution is -0.0425. The molecule has 1 aromatic heterocycles. The van der Waals surface area contributed by atoms with E-state index in [1.807, 2.05) is 43.3 Å². The van der Waals surface area contributed by atoms with Crippen LogP contribution in [-0.2, 0) is 7.05 Å². The Kier molecular flexibility index (Phi) is 8.25. The van der Waals surface area contributed by atoms with E-state index in [0.717, 1.165) is 27.8 Å². The van der Waals surface area contributed by atoms with Crippen LogP contribution < -0.4 is 5.56 Å². The smallest absolute Gasteiger partial charge is 0.250 e. The first-order valence-corrected chi connectivity index (χ1v) is 12.4. The lowest BCUT2D eigenvalue weighted by Gasteiger charge is -2.23. The van der Waals surface area contributed by atoms with Gasteiger partial charge in [0.15, 0.2) is 6.29 Å². The van der Waals surface area contributed by atoms with Crippen molar-refractivity contribution in [2.75, 3.05) is 0 Å². The number of hydrogen-bond acceptors (Lipinski definition) is 5. The summed E-state index contributed by atoms with van der Waals surface area (Å²) < 4.78 is 1.43. The molecule has 37 heavy (non-hydrogen) atoms. The number of benzene rings is 3. The molecular formula is C29H26Cl2N2O4. The minimum absolute atomic E-state index is 0.168. The Morgan fingerprint density at radius 1 is 0.892 bits per heavy atom. The van der Waals surface area contributed by atoms with E-state index in [-0.39, 0.29) is 11.5 Å². The third kappa shape index (κ3) is 6.00. The lowest BCUT2D eigenvalue weighted by atomic mass is 9.84. The van der Waals surface area contributed by atoms with Crippen LogP contribution >= 0.6 is 23.2 Å². The number of aliphatic hydroxyl groups excluding tert-OH is 1. The van der Waals surface area contributed by atoms with Crippen LogP contribution in [0.15, 0.2) is 89.0 Å². The van der Waals surface area contributed by atoms with Crippen molar-refractivity contribution in [3.8, 4) is 11.1 Å². The highest BCUT2D eigenvalue weighted by Gasteiger charge is 2.25. The number of nitrogens with zero attached hydrogens (tertiary/aromatic N) is 2. The second-order valence-electron chi connectivity index (χ2n) is 9.06. The average Bonchev–Trinajstić information content (AvgIpc) is 2.87. The van der Waals surface area contributed by atoms with Crippen molar-refractivity contribution in [3.05, 3.63) is 132 Å². The predicted molar refractivity (Wildman–Crippen MR) is 147 cm³/mol. The highest BCUT2D eigenvalue weighted by molar-refractivity contribution is 6.35. The van der Waals surface area contributed by atoms with Crippen LogP contribution in [0.4, 0.5) is 0 Å². The summed E-state index contributed by atoms with van der Waals surface area (Å²) in [6.07, 6.45) is 0.449. The molecule has 0 radical (unpaired) electrons. The van der Waals surface area contributed by atoms with E-state index in [2.05, 4.69) is 5.18 Å². The molecule has 3 aromatic carbocycles. The first-order chi connectivity index (χ1) is 17.7. The summed E-state index contributed by atoms with van der Waals surface area (Å²) in [5.41, 5.74) is 5.50. The molecule has 0 spiro atoms. The van der Waals surface area contributed by atoms with Gasteiger partial charge < -0.3 is 14.8 Å². The summed E-state index contributed by atoms with van der Waals surface area (Å²) >= 11 is 12.7. The summed E-state index contributed by atoms with van der Waals surface area (Å²) in [5, 5.41) is 23.3. The SMILES string of the molecule is Cc1cc(C(O)O)ccc1-c1ccc(C(CC(N=O)c2ccc(=O)n(C)c2)c2ccc(Cl)cc2Cl)cc1. The van der Waals surface area contributed by atoms with Crippen molar-refractivity contribution in [1.82, 2.24) is 4.57 Å². The van der Waals surface area contributed by atoms with Crippen LogP contribution in [0.3, 0.4) is 0 Å². The fourth-order valence-corrected chi connectivity index (χ4v) is 5.11. The number of halogens is 2. The molecule has 6 nitrogen and oxygen atoms in total. The number of rotatable bonds is 8. The fraction of sp³-hybridized carbons (Fsp3) is 0.207. The Labute approximate surface area is 224 Å². The molecule has 4 rings (SSSR count). The van der Waals surface area contributed by atoms with Gasteiger partial charge in [-0.25, -0.2) is 0 Å². The number of aryl methyl sites for hydroxylation is 2. The second-order valence-corrected chi connectivity index (χ2v) is 9.90. The zero-order valence-corrected chi connectivity index (χ0v) is 21.8. The summed E-state index contributed by atoms with van der Waals surface area (Å²) in [7, 11) is 1.63. The topological polar surface area (TPSA) is 91.9 Å². The number of aliphatic hydroxyl groups is 2. The van der Waals surface area contributed by atoms with Gasteiger partial charge in [-0.15, -0.1) is 0 Å². The van der Waals surface area contributed by atoms with Gasteiger partial charge in [0, 0.05) is 40.8 Å². The van der Waals surface area contributed by atoms with Crippen molar-refractivity contribution in [3.63, 3.8) is 0 Å². The second kappa shape index (κ2) is 11.4. The third-order valence-electron chi connectivity index (χ3n) is 6.59. The molecule has 8 heteroatoms. The number of pyridine rings is 1. The standard InChI is InChI=1S/C29H26Cl2N2O4/c1-17-13-20(29(35)36)7-10-23(17)18-3-5-19(6-4-18)25(24-11-9-22(30)14-26(24)31)15-27(32-37)21-8-12-28(34)33(2)16-21/h3-14,16,25,27,29,35-36H,15H2,1-2H3. The molecule has 0 bridgehead atoms. The first kappa shape index (κ1) is 26.8. The van der Waals surface area contributed by atoms with E-state index in [9.17, 15) is 19.9 Å². The number of aromatic nitrogens is 1. The maximum absolute atomic E-state index is 12.0. The maximum Gasteiger partial charge on any atom is 0.250 e. The minimum atomic E-state index is -1.52. The highest BCUT2D eigenvalue weighted by atomic mass is 35.5. The molecule has 190 valence electrons. The van der Waals surface area contributed by atoms with E-state index in [1.165, 1.54) is 10.6 Å². The molecule has 4 aromatic rings. The lowest BCUT2D eigenvalue weighted by Crippen LogP contribution is -2.16. The summed E-state index contributed by atoms with van der Waals surface area (Å²) in [5.74, 6) is -0.272. The minimum Gasteiger partial charge on any atom is -0.364 e. The Morgan fingerprint density at radius 3 is 2.16 bits per heavy atom. The van der Waals surface area contributed by atoms with Crippen molar-refractivity contribution < 1.29 is 10.2 Å². The van der Waals surface area contributed by atoms with Crippen LogP contribution in [-0.4, -0.2) is 14.8 Å². The Morgan fingerprint density at radius 2 is 1.57 bits per heavy atom. The fourth-order valence-electron chi connectivity index (χ4n) is 4.57. The molecule has 2 N–H and O–H groups in total. The maximum atomic E-state index is 12.0. The monoisotopic (exact) mass is 536 g/mol. The normalized spacial score (nSPS) is 12.9.